The molecule has 192 valence electrons. The highest BCUT2D eigenvalue weighted by Gasteiger charge is 2.49. The second-order valence-electron chi connectivity index (χ2n) is 11.3. The van der Waals surface area contributed by atoms with Gasteiger partial charge in [-0.25, -0.2) is 14.2 Å². The smallest absolute Gasteiger partial charge is 0.410 e. The summed E-state index contributed by atoms with van der Waals surface area (Å²) in [6.45, 7) is 6.12. The molecule has 5 aliphatic rings. The van der Waals surface area contributed by atoms with Gasteiger partial charge in [-0.05, 0) is 63.7 Å². The third kappa shape index (κ3) is 4.80. The Balaban J connectivity index is 1.28. The molecule has 0 aromatic rings. The zero-order valence-electron chi connectivity index (χ0n) is 20.8. The molecule has 0 radical (unpaired) electrons. The molecule has 2 heterocycles. The molecule has 34 heavy (non-hydrogen) atoms. The lowest BCUT2D eigenvalue weighted by Gasteiger charge is -2.54. The van der Waals surface area contributed by atoms with Crippen LogP contribution in [0.25, 0.3) is 0 Å². The highest BCUT2D eigenvalue weighted by molar-refractivity contribution is 5.75. The molecule has 5 rings (SSSR count). The van der Waals surface area contributed by atoms with Crippen molar-refractivity contribution in [3.8, 4) is 0 Å². The molecule has 2 saturated heterocycles. The molecule has 8 nitrogen and oxygen atoms in total. The first kappa shape index (κ1) is 24.3. The Morgan fingerprint density at radius 2 is 1.76 bits per heavy atom. The maximum absolute atomic E-state index is 14.7. The molecule has 2 aliphatic heterocycles. The minimum absolute atomic E-state index is 0.00403. The van der Waals surface area contributed by atoms with Crippen LogP contribution in [-0.4, -0.2) is 96.1 Å². The van der Waals surface area contributed by atoms with Gasteiger partial charge in [-0.15, -0.1) is 0 Å². The summed E-state index contributed by atoms with van der Waals surface area (Å²) in [5, 5.41) is 2.41. The average molecular weight is 481 g/mol. The number of carbonyl (C=O) groups is 2. The fourth-order valence-electron chi connectivity index (χ4n) is 7.03. The third-order valence-electron chi connectivity index (χ3n) is 9.01. The molecule has 8 atom stereocenters. The molecule has 0 aromatic carbocycles. The molecule has 1 N–H and O–H groups in total. The molecule has 3 saturated carbocycles. The lowest BCUT2D eigenvalue weighted by atomic mass is 9.73. The van der Waals surface area contributed by atoms with E-state index in [2.05, 4.69) is 10.4 Å². The summed E-state index contributed by atoms with van der Waals surface area (Å²) in [4.78, 5) is 29.7. The number of methoxy groups -OCH3 is 1. The predicted octanol–water partition coefficient (Wildman–Crippen LogP) is 2.72. The van der Waals surface area contributed by atoms with Crippen molar-refractivity contribution in [1.82, 2.24) is 20.2 Å². The van der Waals surface area contributed by atoms with Crippen LogP contribution in [0.5, 0.6) is 0 Å². The Labute approximate surface area is 202 Å². The number of piperazine rings is 1. The average Bonchev–Trinajstić information content (AvgIpc) is 3.55. The van der Waals surface area contributed by atoms with E-state index in [0.29, 0.717) is 37.3 Å². The first-order valence-electron chi connectivity index (χ1n) is 13.3. The Kier molecular flexibility index (Phi) is 7.06. The number of nitrogens with zero attached hydrogens (tertiary/aromatic N) is 3. The van der Waals surface area contributed by atoms with Crippen molar-refractivity contribution < 1.29 is 23.5 Å². The van der Waals surface area contributed by atoms with E-state index in [-0.39, 0.29) is 36.6 Å². The van der Waals surface area contributed by atoms with Gasteiger partial charge in [-0.1, -0.05) is 0 Å². The van der Waals surface area contributed by atoms with Crippen LogP contribution in [0.2, 0.25) is 0 Å². The number of hydrogen-bond acceptors (Lipinski definition) is 6. The Bertz CT molecular complexity index is 767. The van der Waals surface area contributed by atoms with E-state index in [0.717, 1.165) is 32.4 Å². The van der Waals surface area contributed by atoms with Crippen molar-refractivity contribution in [2.75, 3.05) is 26.7 Å². The maximum atomic E-state index is 14.7. The molecule has 7 unspecified atom stereocenters. The lowest BCUT2D eigenvalue weighted by molar-refractivity contribution is -0.143. The molecule has 9 heteroatoms. The maximum Gasteiger partial charge on any atom is 0.410 e. The number of carbonyl (C=O) groups excluding carboxylic acids is 2. The highest BCUT2D eigenvalue weighted by Crippen LogP contribution is 2.41. The van der Waals surface area contributed by atoms with Crippen molar-refractivity contribution in [2.45, 2.75) is 108 Å². The monoisotopic (exact) mass is 480 g/mol. The number of fused-ring (bicyclic) bond motifs is 1. The molecule has 5 fully saturated rings. The topological polar surface area (TPSA) is 74.3 Å². The number of halogens is 1. The first-order valence-corrected chi connectivity index (χ1v) is 13.3. The summed E-state index contributed by atoms with van der Waals surface area (Å²) in [6, 6.07) is 0.546. The number of rotatable bonds is 4. The number of nitrogens with one attached hydrogen (secondary N) is 1. The van der Waals surface area contributed by atoms with E-state index in [1.165, 1.54) is 12.8 Å². The van der Waals surface area contributed by atoms with Gasteiger partial charge in [0.2, 0.25) is 5.91 Å². The normalized spacial score (nSPS) is 41.3. The zero-order valence-corrected chi connectivity index (χ0v) is 20.8. The number of hydrogen-bond donors (Lipinski definition) is 1. The van der Waals surface area contributed by atoms with Gasteiger partial charge in [0.15, 0.2) is 0 Å². The van der Waals surface area contributed by atoms with Crippen LogP contribution in [0.4, 0.5) is 9.18 Å². The minimum atomic E-state index is -1.20. The number of alkyl halides is 1. The molecule has 2 amide bonds. The van der Waals surface area contributed by atoms with Crippen molar-refractivity contribution >= 4 is 12.0 Å². The summed E-state index contributed by atoms with van der Waals surface area (Å²) < 4.78 is 25.8. The van der Waals surface area contributed by atoms with Crippen LogP contribution in [-0.2, 0) is 14.3 Å². The zero-order chi connectivity index (χ0) is 24.0. The fraction of sp³-hybridized carbons (Fsp3) is 0.920. The van der Waals surface area contributed by atoms with Gasteiger partial charge in [0.25, 0.3) is 0 Å². The van der Waals surface area contributed by atoms with E-state index < -0.39 is 18.4 Å². The van der Waals surface area contributed by atoms with Gasteiger partial charge in [0.05, 0.1) is 18.2 Å². The quantitative estimate of drug-likeness (QED) is 0.667. The molecular weight excluding hydrogens is 439 g/mol. The molecule has 0 bridgehead atoms. The number of ether oxygens (including phenoxy) is 2. The van der Waals surface area contributed by atoms with Crippen LogP contribution in [0.1, 0.15) is 65.2 Å². The van der Waals surface area contributed by atoms with E-state index in [1.54, 1.807) is 14.0 Å². The van der Waals surface area contributed by atoms with Crippen LogP contribution in [0.3, 0.4) is 0 Å². The molecule has 3 aliphatic carbocycles. The highest BCUT2D eigenvalue weighted by atomic mass is 19.1. The third-order valence-corrected chi connectivity index (χ3v) is 9.01. The van der Waals surface area contributed by atoms with E-state index in [1.807, 2.05) is 16.7 Å². The number of amides is 2. The predicted molar refractivity (Wildman–Crippen MR) is 125 cm³/mol. The van der Waals surface area contributed by atoms with Crippen LogP contribution in [0, 0.1) is 11.8 Å². The molecular formula is C25H41FN4O4. The second kappa shape index (κ2) is 9.90. The summed E-state index contributed by atoms with van der Waals surface area (Å²) in [5.74, 6) is 1.13. The standard InChI is InChI=1S/C25H41FN4O4/c1-15-13-28(25(32)34-24-9-7-20(33-3)11-21(24)26)23-10-17(4-8-22(23)30(15)16(2)31)18-12-27-29(14-18)19-5-6-19/h15,17-24,27H,4-14H2,1-3H3/t15-,17?,18?,20?,21?,22?,23?,24?/m0/s1. The Morgan fingerprint density at radius 1 is 0.971 bits per heavy atom. The van der Waals surface area contributed by atoms with Crippen molar-refractivity contribution in [1.29, 1.82) is 0 Å². The lowest BCUT2D eigenvalue weighted by Crippen LogP contribution is -2.67. The minimum Gasteiger partial charge on any atom is -0.443 e. The van der Waals surface area contributed by atoms with Gasteiger partial charge in [-0.2, -0.15) is 0 Å². The van der Waals surface area contributed by atoms with Gasteiger partial charge >= 0.3 is 6.09 Å². The largest absolute Gasteiger partial charge is 0.443 e. The van der Waals surface area contributed by atoms with Crippen molar-refractivity contribution in [2.24, 2.45) is 11.8 Å². The molecule has 0 aromatic heterocycles. The van der Waals surface area contributed by atoms with E-state index in [4.69, 9.17) is 9.47 Å². The first-order chi connectivity index (χ1) is 16.4. The summed E-state index contributed by atoms with van der Waals surface area (Å²) in [5.41, 5.74) is 3.59. The summed E-state index contributed by atoms with van der Waals surface area (Å²) >= 11 is 0. The van der Waals surface area contributed by atoms with Crippen LogP contribution < -0.4 is 5.43 Å². The van der Waals surface area contributed by atoms with Crippen LogP contribution >= 0.6 is 0 Å². The van der Waals surface area contributed by atoms with Gasteiger partial charge in [-0.3, -0.25) is 10.2 Å². The summed E-state index contributed by atoms with van der Waals surface area (Å²) in [6.07, 6.45) is 4.40. The number of hydrazine groups is 1. The van der Waals surface area contributed by atoms with Gasteiger partial charge in [0.1, 0.15) is 12.3 Å². The molecule has 0 spiro atoms. The SMILES string of the molecule is COC1CCC(OC(=O)N2C[C@H](C)N(C(C)=O)C3CCC(C4CNN(C5CC5)C4)CC32)C(F)C1. The summed E-state index contributed by atoms with van der Waals surface area (Å²) in [7, 11) is 1.60. The van der Waals surface area contributed by atoms with E-state index in [9.17, 15) is 14.0 Å². The Morgan fingerprint density at radius 3 is 2.44 bits per heavy atom. The van der Waals surface area contributed by atoms with Crippen molar-refractivity contribution in [3.63, 3.8) is 0 Å². The van der Waals surface area contributed by atoms with Gasteiger partial charge in [0, 0.05) is 52.2 Å². The van der Waals surface area contributed by atoms with Crippen molar-refractivity contribution in [3.05, 3.63) is 0 Å². The Hall–Kier alpha value is -1.45. The fourth-order valence-corrected chi connectivity index (χ4v) is 7.03. The van der Waals surface area contributed by atoms with Crippen LogP contribution in [0.15, 0.2) is 0 Å². The van der Waals surface area contributed by atoms with E-state index >= 15 is 0 Å². The van der Waals surface area contributed by atoms with Gasteiger partial charge < -0.3 is 19.3 Å². The second-order valence-corrected chi connectivity index (χ2v) is 11.3.